The first-order valence-corrected chi connectivity index (χ1v) is 8.69. The molecule has 19 heavy (non-hydrogen) atoms. The molecule has 1 atom stereocenters. The quantitative estimate of drug-likeness (QED) is 0.756. The van der Waals surface area contributed by atoms with Crippen molar-refractivity contribution in [2.45, 2.75) is 65.3 Å². The summed E-state index contributed by atoms with van der Waals surface area (Å²) in [6.07, 6.45) is 8.15. The Morgan fingerprint density at radius 1 is 1.26 bits per heavy atom. The minimum absolute atomic E-state index is 0.499. The van der Waals surface area contributed by atoms with Crippen molar-refractivity contribution < 1.29 is 0 Å². The third-order valence-corrected chi connectivity index (χ3v) is 5.93. The molecule has 0 saturated heterocycles. The van der Waals surface area contributed by atoms with Crippen LogP contribution in [0.4, 0.5) is 0 Å². The molecule has 0 amide bonds. The Labute approximate surface area is 122 Å². The number of aryl methyl sites for hydroxylation is 1. The summed E-state index contributed by atoms with van der Waals surface area (Å²) in [6, 6.07) is 5.25. The minimum Gasteiger partial charge on any atom is -0.312 e. The molecule has 108 valence electrons. The van der Waals surface area contributed by atoms with E-state index in [1.807, 2.05) is 11.3 Å². The van der Waals surface area contributed by atoms with Crippen molar-refractivity contribution in [1.82, 2.24) is 5.32 Å². The zero-order valence-electron chi connectivity index (χ0n) is 13.0. The first kappa shape index (κ1) is 15.1. The van der Waals surface area contributed by atoms with Crippen LogP contribution in [0, 0.1) is 11.3 Å². The molecule has 0 radical (unpaired) electrons. The minimum atomic E-state index is 0.499. The van der Waals surface area contributed by atoms with Crippen LogP contribution in [0.5, 0.6) is 0 Å². The van der Waals surface area contributed by atoms with Crippen LogP contribution in [0.2, 0.25) is 0 Å². The summed E-state index contributed by atoms with van der Waals surface area (Å²) in [5.41, 5.74) is 0.499. The van der Waals surface area contributed by atoms with E-state index in [9.17, 15) is 0 Å². The molecule has 1 aromatic rings. The van der Waals surface area contributed by atoms with Crippen LogP contribution < -0.4 is 5.32 Å². The Morgan fingerprint density at radius 3 is 2.42 bits per heavy atom. The van der Waals surface area contributed by atoms with Crippen LogP contribution in [0.15, 0.2) is 12.1 Å². The van der Waals surface area contributed by atoms with E-state index in [1.54, 1.807) is 4.88 Å². The number of nitrogens with one attached hydrogen (secondary N) is 1. The molecule has 2 heteroatoms. The van der Waals surface area contributed by atoms with Gasteiger partial charge in [-0.15, -0.1) is 11.3 Å². The van der Waals surface area contributed by atoms with Gasteiger partial charge < -0.3 is 5.32 Å². The third kappa shape index (κ3) is 3.22. The highest BCUT2D eigenvalue weighted by Crippen LogP contribution is 2.52. The van der Waals surface area contributed by atoms with Crippen molar-refractivity contribution in [2.75, 3.05) is 7.05 Å². The van der Waals surface area contributed by atoms with Crippen molar-refractivity contribution in [3.05, 3.63) is 21.9 Å². The number of hydrogen-bond acceptors (Lipinski definition) is 2. The van der Waals surface area contributed by atoms with Gasteiger partial charge in [0.1, 0.15) is 0 Å². The van der Waals surface area contributed by atoms with Crippen molar-refractivity contribution in [3.8, 4) is 0 Å². The molecule has 1 aromatic heterocycles. The summed E-state index contributed by atoms with van der Waals surface area (Å²) in [6.45, 7) is 7.00. The number of rotatable bonds is 6. The normalized spacial score (nSPS) is 20.1. The van der Waals surface area contributed by atoms with E-state index in [4.69, 9.17) is 0 Å². The molecule has 1 N–H and O–H groups in total. The van der Waals surface area contributed by atoms with Crippen LogP contribution in [-0.4, -0.2) is 7.05 Å². The lowest BCUT2D eigenvalue weighted by Crippen LogP contribution is -2.35. The highest BCUT2D eigenvalue weighted by Gasteiger charge is 2.42. The fraction of sp³-hybridized carbons (Fsp3) is 0.765. The molecule has 1 nitrogen and oxygen atoms in total. The zero-order chi connectivity index (χ0) is 13.9. The Hall–Kier alpha value is -0.340. The van der Waals surface area contributed by atoms with Crippen LogP contribution >= 0.6 is 11.3 Å². The third-order valence-electron chi connectivity index (χ3n) is 4.63. The molecule has 0 aliphatic heterocycles. The van der Waals surface area contributed by atoms with Gasteiger partial charge in [0.2, 0.25) is 0 Å². The van der Waals surface area contributed by atoms with E-state index >= 15 is 0 Å². The summed E-state index contributed by atoms with van der Waals surface area (Å²) >= 11 is 2.02. The van der Waals surface area contributed by atoms with E-state index in [1.165, 1.54) is 37.0 Å². The molecule has 1 heterocycles. The standard InChI is InChI=1S/C17H29NS/c1-5-14-8-9-15(19-14)16(18-4)17(12-13(2)3)10-6-7-11-17/h8-9,13,16,18H,5-7,10-12H2,1-4H3. The molecule has 0 bridgehead atoms. The molecule has 1 fully saturated rings. The highest BCUT2D eigenvalue weighted by molar-refractivity contribution is 7.12. The predicted molar refractivity (Wildman–Crippen MR) is 85.9 cm³/mol. The van der Waals surface area contributed by atoms with Gasteiger partial charge in [0.05, 0.1) is 0 Å². The largest absolute Gasteiger partial charge is 0.312 e. The van der Waals surface area contributed by atoms with Crippen molar-refractivity contribution in [2.24, 2.45) is 11.3 Å². The van der Waals surface area contributed by atoms with Gasteiger partial charge in [0, 0.05) is 15.8 Å². The Kier molecular flexibility index (Phi) is 5.08. The number of hydrogen-bond donors (Lipinski definition) is 1. The molecule has 1 saturated carbocycles. The Morgan fingerprint density at radius 2 is 1.95 bits per heavy atom. The van der Waals surface area contributed by atoms with Crippen LogP contribution in [0.25, 0.3) is 0 Å². The van der Waals surface area contributed by atoms with E-state index in [0.717, 1.165) is 12.3 Å². The van der Waals surface area contributed by atoms with Gasteiger partial charge in [-0.2, -0.15) is 0 Å². The monoisotopic (exact) mass is 279 g/mol. The lowest BCUT2D eigenvalue weighted by molar-refractivity contribution is 0.164. The zero-order valence-corrected chi connectivity index (χ0v) is 13.8. The van der Waals surface area contributed by atoms with Crippen molar-refractivity contribution >= 4 is 11.3 Å². The SMILES string of the molecule is CCc1ccc(C(NC)C2(CC(C)C)CCCC2)s1. The molecule has 0 aromatic carbocycles. The van der Waals surface area contributed by atoms with Crippen LogP contribution in [-0.2, 0) is 6.42 Å². The maximum atomic E-state index is 3.65. The summed E-state index contributed by atoms with van der Waals surface area (Å²) in [5.74, 6) is 0.791. The second-order valence-corrected chi connectivity index (χ2v) is 7.75. The lowest BCUT2D eigenvalue weighted by Gasteiger charge is -2.38. The summed E-state index contributed by atoms with van der Waals surface area (Å²) in [7, 11) is 2.15. The molecule has 1 unspecified atom stereocenters. The maximum Gasteiger partial charge on any atom is 0.0469 e. The Balaban J connectivity index is 2.26. The maximum absolute atomic E-state index is 3.65. The van der Waals surface area contributed by atoms with Gasteiger partial charge in [-0.1, -0.05) is 33.6 Å². The van der Waals surface area contributed by atoms with E-state index < -0.39 is 0 Å². The second-order valence-electron chi connectivity index (χ2n) is 6.55. The van der Waals surface area contributed by atoms with Crippen LogP contribution in [0.1, 0.15) is 68.7 Å². The molecule has 1 aliphatic rings. The smallest absolute Gasteiger partial charge is 0.0469 e. The molecular formula is C17H29NS. The Bertz CT molecular complexity index is 388. The van der Waals surface area contributed by atoms with Crippen molar-refractivity contribution in [1.29, 1.82) is 0 Å². The lowest BCUT2D eigenvalue weighted by atomic mass is 9.72. The molecule has 1 aliphatic carbocycles. The fourth-order valence-electron chi connectivity index (χ4n) is 3.99. The first-order chi connectivity index (χ1) is 9.11. The predicted octanol–water partition coefficient (Wildman–Crippen LogP) is 5.18. The van der Waals surface area contributed by atoms with E-state index in [2.05, 4.69) is 45.3 Å². The van der Waals surface area contributed by atoms with Gasteiger partial charge in [-0.05, 0) is 56.2 Å². The summed E-state index contributed by atoms with van der Waals surface area (Å²) in [4.78, 5) is 3.08. The first-order valence-electron chi connectivity index (χ1n) is 7.87. The molecular weight excluding hydrogens is 250 g/mol. The summed E-state index contributed by atoms with van der Waals surface area (Å²) < 4.78 is 0. The number of thiophene rings is 1. The van der Waals surface area contributed by atoms with Crippen molar-refractivity contribution in [3.63, 3.8) is 0 Å². The van der Waals surface area contributed by atoms with Gasteiger partial charge >= 0.3 is 0 Å². The van der Waals surface area contributed by atoms with E-state index in [-0.39, 0.29) is 0 Å². The van der Waals surface area contributed by atoms with Gasteiger partial charge in [-0.3, -0.25) is 0 Å². The molecule has 2 rings (SSSR count). The van der Waals surface area contributed by atoms with Gasteiger partial charge in [0.25, 0.3) is 0 Å². The topological polar surface area (TPSA) is 12.0 Å². The average Bonchev–Trinajstić information content (AvgIpc) is 2.99. The van der Waals surface area contributed by atoms with Gasteiger partial charge in [0.15, 0.2) is 0 Å². The summed E-state index contributed by atoms with van der Waals surface area (Å²) in [5, 5.41) is 3.65. The van der Waals surface area contributed by atoms with E-state index in [0.29, 0.717) is 11.5 Å². The fourth-order valence-corrected chi connectivity index (χ4v) is 5.20. The van der Waals surface area contributed by atoms with Gasteiger partial charge in [-0.25, -0.2) is 0 Å². The average molecular weight is 279 g/mol. The highest BCUT2D eigenvalue weighted by atomic mass is 32.1. The second kappa shape index (κ2) is 6.41. The molecule has 0 spiro atoms. The van der Waals surface area contributed by atoms with Crippen LogP contribution in [0.3, 0.4) is 0 Å².